The number of nitriles is 1. The Morgan fingerprint density at radius 2 is 1.71 bits per heavy atom. The van der Waals surface area contributed by atoms with Crippen LogP contribution < -0.4 is 5.32 Å². The zero-order chi connectivity index (χ0) is 19.5. The number of amides is 3. The highest BCUT2D eigenvalue weighted by molar-refractivity contribution is 5.91. The molecule has 3 fully saturated rings. The lowest BCUT2D eigenvalue weighted by Crippen LogP contribution is -2.57. The molecule has 2 heterocycles. The molecule has 3 amide bonds. The predicted octanol–water partition coefficient (Wildman–Crippen LogP) is 2.11. The van der Waals surface area contributed by atoms with Crippen molar-refractivity contribution in [3.8, 4) is 6.07 Å². The van der Waals surface area contributed by atoms with Crippen LogP contribution in [-0.2, 0) is 4.79 Å². The molecule has 7 heteroatoms. The maximum atomic E-state index is 12.8. The summed E-state index contributed by atoms with van der Waals surface area (Å²) in [5.41, 5.74) is 1.21. The lowest BCUT2D eigenvalue weighted by Gasteiger charge is -2.40. The minimum atomic E-state index is -0.194. The molecular formula is C21H27N5O2. The second-order valence-corrected chi connectivity index (χ2v) is 8.02. The second-order valence-electron chi connectivity index (χ2n) is 8.02. The van der Waals surface area contributed by atoms with Crippen molar-refractivity contribution in [2.75, 3.05) is 44.6 Å². The highest BCUT2D eigenvalue weighted by Crippen LogP contribution is 2.26. The summed E-state index contributed by atoms with van der Waals surface area (Å²) < 4.78 is 0. The average molecular weight is 381 g/mol. The lowest BCUT2D eigenvalue weighted by atomic mass is 9.91. The molecule has 1 aromatic rings. The smallest absolute Gasteiger partial charge is 0.321 e. The second kappa shape index (κ2) is 8.19. The zero-order valence-corrected chi connectivity index (χ0v) is 16.1. The molecule has 0 bridgehead atoms. The molecule has 0 aromatic heterocycles. The van der Waals surface area contributed by atoms with Crippen molar-refractivity contribution in [2.24, 2.45) is 5.92 Å². The van der Waals surface area contributed by atoms with Gasteiger partial charge < -0.3 is 15.1 Å². The summed E-state index contributed by atoms with van der Waals surface area (Å²) in [7, 11) is 0. The first-order valence-electron chi connectivity index (χ1n) is 10.2. The average Bonchev–Trinajstić information content (AvgIpc) is 2.86. The summed E-state index contributed by atoms with van der Waals surface area (Å²) in [5, 5.41) is 11.6. The summed E-state index contributed by atoms with van der Waals surface area (Å²) in [6, 6.07) is 9.36. The van der Waals surface area contributed by atoms with E-state index in [-0.39, 0.29) is 17.9 Å². The van der Waals surface area contributed by atoms with Crippen LogP contribution in [0.15, 0.2) is 24.3 Å². The first-order valence-corrected chi connectivity index (χ1v) is 10.2. The molecule has 4 rings (SSSR count). The molecule has 1 aliphatic carbocycles. The number of hydrogen-bond acceptors (Lipinski definition) is 4. The van der Waals surface area contributed by atoms with Gasteiger partial charge in [-0.3, -0.25) is 9.69 Å². The van der Waals surface area contributed by atoms with Crippen LogP contribution in [-0.4, -0.2) is 71.9 Å². The van der Waals surface area contributed by atoms with E-state index < -0.39 is 0 Å². The number of hydrogen-bond donors (Lipinski definition) is 1. The van der Waals surface area contributed by atoms with E-state index in [0.29, 0.717) is 24.3 Å². The van der Waals surface area contributed by atoms with Gasteiger partial charge in [-0.25, -0.2) is 4.79 Å². The zero-order valence-electron chi connectivity index (χ0n) is 16.1. The summed E-state index contributed by atoms with van der Waals surface area (Å²) in [6.07, 6.45) is 4.99. The Kier molecular flexibility index (Phi) is 5.49. The molecule has 148 valence electrons. The minimum absolute atomic E-state index is 0.0815. The van der Waals surface area contributed by atoms with Gasteiger partial charge in [-0.05, 0) is 43.5 Å². The van der Waals surface area contributed by atoms with E-state index in [1.165, 1.54) is 19.3 Å². The van der Waals surface area contributed by atoms with Crippen molar-refractivity contribution in [1.82, 2.24) is 14.7 Å². The van der Waals surface area contributed by atoms with E-state index in [9.17, 15) is 9.59 Å². The topological polar surface area (TPSA) is 79.7 Å². The minimum Gasteiger partial charge on any atom is -0.341 e. The summed E-state index contributed by atoms with van der Waals surface area (Å²) in [4.78, 5) is 31.3. The molecule has 2 aliphatic heterocycles. The number of carbonyl (C=O) groups excluding carboxylic acids is 2. The van der Waals surface area contributed by atoms with Gasteiger partial charge in [0.1, 0.15) is 0 Å². The summed E-state index contributed by atoms with van der Waals surface area (Å²) >= 11 is 0. The van der Waals surface area contributed by atoms with E-state index >= 15 is 0 Å². The number of nitrogens with zero attached hydrogens (tertiary/aromatic N) is 4. The third-order valence-corrected chi connectivity index (χ3v) is 6.22. The summed E-state index contributed by atoms with van der Waals surface area (Å²) in [5.74, 6) is 0.111. The van der Waals surface area contributed by atoms with Gasteiger partial charge in [0.25, 0.3) is 0 Å². The van der Waals surface area contributed by atoms with Crippen molar-refractivity contribution in [3.05, 3.63) is 29.8 Å². The maximum Gasteiger partial charge on any atom is 0.321 e. The molecule has 0 spiro atoms. The molecule has 1 N–H and O–H groups in total. The quantitative estimate of drug-likeness (QED) is 0.870. The van der Waals surface area contributed by atoms with Crippen molar-refractivity contribution in [2.45, 2.75) is 31.7 Å². The number of nitrogens with one attached hydrogen (secondary N) is 1. The van der Waals surface area contributed by atoms with Gasteiger partial charge in [0.15, 0.2) is 0 Å². The SMILES string of the molecule is N#Cc1ccc(NC(=O)N2CC(C(=O)N3CCCN(C4CCC4)CC3)C2)cc1. The first kappa shape index (κ1) is 18.8. The fraction of sp³-hybridized carbons (Fsp3) is 0.571. The van der Waals surface area contributed by atoms with Gasteiger partial charge in [0.2, 0.25) is 5.91 Å². The van der Waals surface area contributed by atoms with E-state index in [0.717, 1.165) is 38.6 Å². The standard InChI is InChI=1S/C21H27N5O2/c22-13-16-5-7-18(8-6-16)23-21(28)26-14-17(15-26)20(27)25-10-2-9-24(11-12-25)19-3-1-4-19/h5-8,17,19H,1-4,9-12,14-15H2,(H,23,28). The molecule has 0 atom stereocenters. The number of likely N-dealkylation sites (tertiary alicyclic amines) is 1. The van der Waals surface area contributed by atoms with Crippen LogP contribution in [0.2, 0.25) is 0 Å². The number of rotatable bonds is 3. The Morgan fingerprint density at radius 3 is 2.36 bits per heavy atom. The molecule has 0 unspecified atom stereocenters. The number of anilines is 1. The van der Waals surface area contributed by atoms with Crippen molar-refractivity contribution in [1.29, 1.82) is 5.26 Å². The van der Waals surface area contributed by atoms with Gasteiger partial charge in [-0.15, -0.1) is 0 Å². The lowest BCUT2D eigenvalue weighted by molar-refractivity contribution is -0.139. The largest absolute Gasteiger partial charge is 0.341 e. The van der Waals surface area contributed by atoms with Crippen LogP contribution in [0.3, 0.4) is 0 Å². The Balaban J connectivity index is 1.23. The molecule has 28 heavy (non-hydrogen) atoms. The van der Waals surface area contributed by atoms with Crippen LogP contribution >= 0.6 is 0 Å². The Morgan fingerprint density at radius 1 is 0.964 bits per heavy atom. The summed E-state index contributed by atoms with van der Waals surface area (Å²) in [6.45, 7) is 4.66. The maximum absolute atomic E-state index is 12.8. The van der Waals surface area contributed by atoms with Crippen LogP contribution in [0.25, 0.3) is 0 Å². The predicted molar refractivity (Wildman–Crippen MR) is 106 cm³/mol. The highest BCUT2D eigenvalue weighted by atomic mass is 16.2. The molecule has 1 aromatic carbocycles. The molecule has 2 saturated heterocycles. The number of urea groups is 1. The molecule has 3 aliphatic rings. The third-order valence-electron chi connectivity index (χ3n) is 6.22. The fourth-order valence-corrected chi connectivity index (χ4v) is 4.16. The molecule has 1 saturated carbocycles. The highest BCUT2D eigenvalue weighted by Gasteiger charge is 2.38. The van der Waals surface area contributed by atoms with Gasteiger partial charge in [0.05, 0.1) is 17.6 Å². The molecular weight excluding hydrogens is 354 g/mol. The van der Waals surface area contributed by atoms with Crippen molar-refractivity contribution >= 4 is 17.6 Å². The van der Waals surface area contributed by atoms with Gasteiger partial charge in [0, 0.05) is 51.0 Å². The van der Waals surface area contributed by atoms with Gasteiger partial charge in [-0.1, -0.05) is 6.42 Å². The normalized spacial score (nSPS) is 21.2. The Labute approximate surface area is 165 Å². The third kappa shape index (κ3) is 3.97. The van der Waals surface area contributed by atoms with E-state index in [4.69, 9.17) is 5.26 Å². The Bertz CT molecular complexity index is 762. The van der Waals surface area contributed by atoms with E-state index in [1.807, 2.05) is 4.90 Å². The van der Waals surface area contributed by atoms with E-state index in [1.54, 1.807) is 29.2 Å². The van der Waals surface area contributed by atoms with Crippen LogP contribution in [0, 0.1) is 17.2 Å². The van der Waals surface area contributed by atoms with Gasteiger partial charge in [-0.2, -0.15) is 5.26 Å². The number of carbonyl (C=O) groups is 2. The van der Waals surface area contributed by atoms with Gasteiger partial charge >= 0.3 is 6.03 Å². The van der Waals surface area contributed by atoms with Crippen LogP contribution in [0.4, 0.5) is 10.5 Å². The molecule has 0 radical (unpaired) electrons. The fourth-order valence-electron chi connectivity index (χ4n) is 4.16. The van der Waals surface area contributed by atoms with E-state index in [2.05, 4.69) is 16.3 Å². The molecule has 7 nitrogen and oxygen atoms in total. The monoisotopic (exact) mass is 381 g/mol. The van der Waals surface area contributed by atoms with Crippen LogP contribution in [0.5, 0.6) is 0 Å². The first-order chi connectivity index (χ1) is 13.6. The van der Waals surface area contributed by atoms with Crippen molar-refractivity contribution < 1.29 is 9.59 Å². The van der Waals surface area contributed by atoms with Crippen LogP contribution in [0.1, 0.15) is 31.2 Å². The number of benzene rings is 1. The van der Waals surface area contributed by atoms with Crippen molar-refractivity contribution in [3.63, 3.8) is 0 Å². The Hall–Kier alpha value is -2.59.